The molecule has 0 radical (unpaired) electrons. The van der Waals surface area contributed by atoms with Crippen LogP contribution in [0.15, 0.2) is 72.8 Å². The molecule has 0 fully saturated rings. The van der Waals surface area contributed by atoms with E-state index in [1.807, 2.05) is 43.4 Å². The number of benzene rings is 3. The lowest BCUT2D eigenvalue weighted by Crippen LogP contribution is -2.13. The van der Waals surface area contributed by atoms with Crippen molar-refractivity contribution in [3.8, 4) is 0 Å². The molecule has 4 nitrogen and oxygen atoms in total. The lowest BCUT2D eigenvalue weighted by Gasteiger charge is -2.11. The summed E-state index contributed by atoms with van der Waals surface area (Å²) in [5.41, 5.74) is 4.04. The highest BCUT2D eigenvalue weighted by molar-refractivity contribution is 6.06. The molecular weight excluding hydrogens is 329 g/mol. The molecule has 3 rings (SSSR count). The minimum atomic E-state index is -0.246. The van der Waals surface area contributed by atoms with Gasteiger partial charge in [0.15, 0.2) is 0 Å². The van der Waals surface area contributed by atoms with Crippen LogP contribution in [0.2, 0.25) is 0 Å². The molecule has 3 aromatic carbocycles. The summed E-state index contributed by atoms with van der Waals surface area (Å²) in [5.74, 6) is -0.415. The van der Waals surface area contributed by atoms with Gasteiger partial charge in [-0.3, -0.25) is 4.79 Å². The van der Waals surface area contributed by atoms with Crippen LogP contribution in [0.4, 0.5) is 21.5 Å². The largest absolute Gasteiger partial charge is 0.386 e. The molecule has 0 saturated carbocycles. The quantitative estimate of drug-likeness (QED) is 0.603. The number of rotatable bonds is 6. The number of hydrogen-bond acceptors (Lipinski definition) is 3. The normalized spacial score (nSPS) is 10.2. The van der Waals surface area contributed by atoms with Crippen LogP contribution in [0.25, 0.3) is 0 Å². The molecule has 0 bridgehead atoms. The van der Waals surface area contributed by atoms with Crippen LogP contribution in [-0.4, -0.2) is 13.0 Å². The van der Waals surface area contributed by atoms with E-state index in [0.29, 0.717) is 12.1 Å². The second-order valence-electron chi connectivity index (χ2n) is 5.81. The molecule has 3 aromatic rings. The molecule has 0 aliphatic rings. The first-order valence-electron chi connectivity index (χ1n) is 8.32. The van der Waals surface area contributed by atoms with E-state index in [1.54, 1.807) is 24.3 Å². The number of para-hydroxylation sites is 2. The minimum Gasteiger partial charge on any atom is -0.386 e. The van der Waals surface area contributed by atoms with Gasteiger partial charge in [-0.25, -0.2) is 4.39 Å². The van der Waals surface area contributed by atoms with E-state index >= 15 is 0 Å². The number of hydrogen-bond donors (Lipinski definition) is 3. The zero-order chi connectivity index (χ0) is 18.4. The summed E-state index contributed by atoms with van der Waals surface area (Å²) < 4.78 is 12.9. The fraction of sp³-hybridized carbons (Fsp3) is 0.0952. The molecule has 3 N–H and O–H groups in total. The molecule has 0 spiro atoms. The predicted octanol–water partition coefficient (Wildman–Crippen LogP) is 4.73. The lowest BCUT2D eigenvalue weighted by atomic mass is 10.1. The molecule has 0 atom stereocenters. The predicted molar refractivity (Wildman–Crippen MR) is 104 cm³/mol. The van der Waals surface area contributed by atoms with Gasteiger partial charge in [0.1, 0.15) is 5.82 Å². The van der Waals surface area contributed by atoms with E-state index in [9.17, 15) is 9.18 Å². The number of halogens is 1. The van der Waals surface area contributed by atoms with Crippen molar-refractivity contribution in [3.63, 3.8) is 0 Å². The summed E-state index contributed by atoms with van der Waals surface area (Å²) in [5, 5.41) is 9.20. The van der Waals surface area contributed by atoms with Crippen molar-refractivity contribution in [2.75, 3.05) is 23.0 Å². The summed E-state index contributed by atoms with van der Waals surface area (Å²) in [7, 11) is 1.81. The Morgan fingerprint density at radius 2 is 1.54 bits per heavy atom. The Labute approximate surface area is 152 Å². The van der Waals surface area contributed by atoms with Crippen LogP contribution < -0.4 is 16.0 Å². The van der Waals surface area contributed by atoms with Gasteiger partial charge in [0.25, 0.3) is 5.91 Å². The number of carbonyl (C=O) groups is 1. The third-order valence-electron chi connectivity index (χ3n) is 4.00. The Hall–Kier alpha value is -3.34. The first-order valence-corrected chi connectivity index (χ1v) is 8.32. The number of anilines is 3. The molecule has 5 heteroatoms. The van der Waals surface area contributed by atoms with Crippen LogP contribution in [0.5, 0.6) is 0 Å². The van der Waals surface area contributed by atoms with E-state index in [0.717, 1.165) is 22.6 Å². The average Bonchev–Trinajstić information content (AvgIpc) is 2.68. The molecule has 0 aliphatic heterocycles. The van der Waals surface area contributed by atoms with E-state index in [-0.39, 0.29) is 11.7 Å². The van der Waals surface area contributed by atoms with Gasteiger partial charge in [-0.05, 0) is 54.1 Å². The Bertz CT molecular complexity index is 877. The molecule has 0 aromatic heterocycles. The van der Waals surface area contributed by atoms with E-state index in [2.05, 4.69) is 16.0 Å². The van der Waals surface area contributed by atoms with Crippen molar-refractivity contribution in [3.05, 3.63) is 89.7 Å². The van der Waals surface area contributed by atoms with Gasteiger partial charge in [-0.2, -0.15) is 0 Å². The molecule has 0 heterocycles. The third kappa shape index (κ3) is 4.39. The molecule has 0 aliphatic carbocycles. The average molecular weight is 349 g/mol. The van der Waals surface area contributed by atoms with Gasteiger partial charge < -0.3 is 16.0 Å². The van der Waals surface area contributed by atoms with Gasteiger partial charge in [0, 0.05) is 24.8 Å². The van der Waals surface area contributed by atoms with Crippen LogP contribution in [-0.2, 0) is 6.54 Å². The first kappa shape index (κ1) is 17.5. The Balaban J connectivity index is 1.61. The van der Waals surface area contributed by atoms with Crippen molar-refractivity contribution in [2.45, 2.75) is 6.54 Å². The topological polar surface area (TPSA) is 53.2 Å². The van der Waals surface area contributed by atoms with Crippen LogP contribution in [0.3, 0.4) is 0 Å². The highest BCUT2D eigenvalue weighted by Crippen LogP contribution is 2.21. The summed E-state index contributed by atoms with van der Waals surface area (Å²) in [6.07, 6.45) is 0. The van der Waals surface area contributed by atoms with E-state index < -0.39 is 0 Å². The maximum atomic E-state index is 12.9. The molecule has 0 saturated heterocycles. The fourth-order valence-electron chi connectivity index (χ4n) is 2.55. The number of nitrogens with one attached hydrogen (secondary N) is 3. The number of carbonyl (C=O) groups excluding carboxylic acids is 1. The van der Waals surface area contributed by atoms with Crippen molar-refractivity contribution >= 4 is 23.0 Å². The van der Waals surface area contributed by atoms with Gasteiger partial charge >= 0.3 is 0 Å². The monoisotopic (exact) mass is 349 g/mol. The zero-order valence-corrected chi connectivity index (χ0v) is 14.4. The Morgan fingerprint density at radius 3 is 2.19 bits per heavy atom. The van der Waals surface area contributed by atoms with Crippen molar-refractivity contribution in [1.29, 1.82) is 0 Å². The van der Waals surface area contributed by atoms with Crippen molar-refractivity contribution in [2.24, 2.45) is 0 Å². The smallest absolute Gasteiger partial charge is 0.255 e. The van der Waals surface area contributed by atoms with E-state index in [4.69, 9.17) is 0 Å². The Kier molecular flexibility index (Phi) is 5.49. The molecule has 26 heavy (non-hydrogen) atoms. The maximum absolute atomic E-state index is 12.9. The molecule has 0 unspecified atom stereocenters. The Morgan fingerprint density at radius 1 is 0.885 bits per heavy atom. The second kappa shape index (κ2) is 8.16. The van der Waals surface area contributed by atoms with Gasteiger partial charge in [-0.1, -0.05) is 24.3 Å². The molecular formula is C21H20FN3O. The molecule has 1 amide bonds. The summed E-state index contributed by atoms with van der Waals surface area (Å²) in [4.78, 5) is 12.4. The summed E-state index contributed by atoms with van der Waals surface area (Å²) >= 11 is 0. The zero-order valence-electron chi connectivity index (χ0n) is 14.4. The maximum Gasteiger partial charge on any atom is 0.255 e. The number of amides is 1. The van der Waals surface area contributed by atoms with E-state index in [1.165, 1.54) is 12.1 Å². The lowest BCUT2D eigenvalue weighted by molar-refractivity contribution is 0.102. The van der Waals surface area contributed by atoms with Gasteiger partial charge in [0.2, 0.25) is 0 Å². The molecule has 132 valence electrons. The van der Waals surface area contributed by atoms with Crippen LogP contribution in [0.1, 0.15) is 15.9 Å². The summed E-state index contributed by atoms with van der Waals surface area (Å²) in [6, 6.07) is 21.1. The second-order valence-corrected chi connectivity index (χ2v) is 5.81. The third-order valence-corrected chi connectivity index (χ3v) is 4.00. The first-order chi connectivity index (χ1) is 12.7. The van der Waals surface area contributed by atoms with Crippen molar-refractivity contribution in [1.82, 2.24) is 0 Å². The highest BCUT2D eigenvalue weighted by atomic mass is 19.1. The standard InChI is InChI=1S/C21H20FN3O/c1-23-19-4-2-3-5-20(19)25-21(26)16-8-12-18(13-9-16)24-14-15-6-10-17(22)11-7-15/h2-13,23-24H,14H2,1H3,(H,25,26). The van der Waals surface area contributed by atoms with Gasteiger partial charge in [0.05, 0.1) is 11.4 Å². The fourth-order valence-corrected chi connectivity index (χ4v) is 2.55. The van der Waals surface area contributed by atoms with Crippen LogP contribution in [0, 0.1) is 5.82 Å². The van der Waals surface area contributed by atoms with Crippen molar-refractivity contribution < 1.29 is 9.18 Å². The van der Waals surface area contributed by atoms with Crippen LogP contribution >= 0.6 is 0 Å². The highest BCUT2D eigenvalue weighted by Gasteiger charge is 2.08. The minimum absolute atomic E-state index is 0.169. The van der Waals surface area contributed by atoms with Gasteiger partial charge in [-0.15, -0.1) is 0 Å². The SMILES string of the molecule is CNc1ccccc1NC(=O)c1ccc(NCc2ccc(F)cc2)cc1. The summed E-state index contributed by atoms with van der Waals surface area (Å²) in [6.45, 7) is 0.585.